The van der Waals surface area contributed by atoms with Crippen LogP contribution in [0.2, 0.25) is 5.02 Å². The lowest BCUT2D eigenvalue weighted by Crippen LogP contribution is -2.30. The van der Waals surface area contributed by atoms with Gasteiger partial charge in [0.05, 0.1) is 28.0 Å². The van der Waals surface area contributed by atoms with Crippen LogP contribution >= 0.6 is 11.6 Å². The van der Waals surface area contributed by atoms with Crippen LogP contribution in [-0.4, -0.2) is 44.4 Å². The molecule has 0 unspecified atom stereocenters. The number of rotatable bonds is 7. The molecule has 2 aliphatic rings. The molecule has 1 aliphatic carbocycles. The zero-order valence-corrected chi connectivity index (χ0v) is 17.8. The number of nitrogens with zero attached hydrogens (tertiary/aromatic N) is 1. The summed E-state index contributed by atoms with van der Waals surface area (Å²) < 4.78 is 38.0. The molecule has 1 aromatic carbocycles. The molecule has 2 heterocycles. The normalized spacial score (nSPS) is 16.6. The molecule has 1 fully saturated rings. The molecular formula is C20H20ClNO7S. The lowest BCUT2D eigenvalue weighted by Gasteiger charge is -2.25. The summed E-state index contributed by atoms with van der Waals surface area (Å²) in [7, 11) is -2.20. The first-order valence-electron chi connectivity index (χ1n) is 9.44. The fourth-order valence-corrected chi connectivity index (χ4v) is 5.47. The topological polar surface area (TPSA) is 112 Å². The second kappa shape index (κ2) is 7.72. The van der Waals surface area contributed by atoms with Crippen LogP contribution in [0.1, 0.15) is 41.2 Å². The number of fused-ring (bicyclic) bond motifs is 3. The summed E-state index contributed by atoms with van der Waals surface area (Å²) in [6.07, 6.45) is 2.07. The fourth-order valence-electron chi connectivity index (χ4n) is 3.69. The first-order valence-corrected chi connectivity index (χ1v) is 11.5. The average Bonchev–Trinajstić information content (AvgIpc) is 3.50. The van der Waals surface area contributed by atoms with Crippen LogP contribution in [0, 0.1) is 0 Å². The first kappa shape index (κ1) is 20.9. The van der Waals surface area contributed by atoms with E-state index in [-0.39, 0.29) is 27.3 Å². The second-order valence-electron chi connectivity index (χ2n) is 7.38. The van der Waals surface area contributed by atoms with Crippen LogP contribution < -0.4 is 10.3 Å². The maximum absolute atomic E-state index is 13.0. The third-order valence-electron chi connectivity index (χ3n) is 5.18. The Labute approximate surface area is 177 Å². The van der Waals surface area contributed by atoms with Gasteiger partial charge in [0.1, 0.15) is 11.3 Å². The SMILES string of the molecule is COCCCOc1cc2c(cc1Cl)-c1c(cc(C(=O)O)c(=O)n1C1CC1)CS2(=O)=O. The highest BCUT2D eigenvalue weighted by atomic mass is 35.5. The van der Waals surface area contributed by atoms with Gasteiger partial charge in [-0.05, 0) is 30.5 Å². The quantitative estimate of drug-likeness (QED) is 0.641. The van der Waals surface area contributed by atoms with Gasteiger partial charge >= 0.3 is 5.97 Å². The molecule has 0 spiro atoms. The summed E-state index contributed by atoms with van der Waals surface area (Å²) in [5.41, 5.74) is -0.0543. The smallest absolute Gasteiger partial charge is 0.341 e. The molecule has 0 atom stereocenters. The third kappa shape index (κ3) is 3.61. The van der Waals surface area contributed by atoms with Crippen LogP contribution in [-0.2, 0) is 20.3 Å². The predicted octanol–water partition coefficient (Wildman–Crippen LogP) is 2.90. The van der Waals surface area contributed by atoms with E-state index in [1.165, 1.54) is 22.8 Å². The van der Waals surface area contributed by atoms with Gasteiger partial charge in [-0.1, -0.05) is 11.6 Å². The summed E-state index contributed by atoms with van der Waals surface area (Å²) in [4.78, 5) is 24.4. The highest BCUT2D eigenvalue weighted by Gasteiger charge is 2.37. The highest BCUT2D eigenvalue weighted by Crippen LogP contribution is 2.46. The van der Waals surface area contributed by atoms with Gasteiger partial charge in [-0.2, -0.15) is 0 Å². The molecule has 1 saturated carbocycles. The number of carbonyl (C=O) groups is 1. The number of hydrogen-bond acceptors (Lipinski definition) is 6. The number of pyridine rings is 1. The third-order valence-corrected chi connectivity index (χ3v) is 7.17. The van der Waals surface area contributed by atoms with Crippen molar-refractivity contribution in [3.8, 4) is 17.0 Å². The van der Waals surface area contributed by atoms with E-state index in [9.17, 15) is 23.1 Å². The summed E-state index contributed by atoms with van der Waals surface area (Å²) in [5, 5.41) is 9.63. The Morgan fingerprint density at radius 2 is 2.00 bits per heavy atom. The molecule has 4 rings (SSSR count). The van der Waals surface area contributed by atoms with Crippen molar-refractivity contribution in [2.24, 2.45) is 0 Å². The molecular weight excluding hydrogens is 434 g/mol. The minimum Gasteiger partial charge on any atom is -0.492 e. The van der Waals surface area contributed by atoms with E-state index >= 15 is 0 Å². The number of benzene rings is 1. The number of halogens is 1. The molecule has 160 valence electrons. The Morgan fingerprint density at radius 1 is 1.27 bits per heavy atom. The molecule has 2 aromatic rings. The van der Waals surface area contributed by atoms with Crippen molar-refractivity contribution in [1.29, 1.82) is 0 Å². The van der Waals surface area contributed by atoms with Gasteiger partial charge in [-0.25, -0.2) is 13.2 Å². The number of carboxylic acid groups (broad SMARTS) is 1. The lowest BCUT2D eigenvalue weighted by molar-refractivity contribution is 0.0694. The average molecular weight is 454 g/mol. The molecule has 0 bridgehead atoms. The zero-order chi connectivity index (χ0) is 21.6. The molecule has 30 heavy (non-hydrogen) atoms. The molecule has 1 N–H and O–H groups in total. The molecule has 8 nitrogen and oxygen atoms in total. The van der Waals surface area contributed by atoms with Gasteiger partial charge in [0.2, 0.25) is 0 Å². The minimum atomic E-state index is -3.78. The van der Waals surface area contributed by atoms with Crippen molar-refractivity contribution >= 4 is 27.4 Å². The summed E-state index contributed by atoms with van der Waals surface area (Å²) >= 11 is 6.37. The van der Waals surface area contributed by atoms with Gasteiger partial charge in [-0.3, -0.25) is 4.79 Å². The van der Waals surface area contributed by atoms with E-state index in [2.05, 4.69) is 0 Å². The summed E-state index contributed by atoms with van der Waals surface area (Å²) in [6, 6.07) is 3.89. The van der Waals surface area contributed by atoms with Crippen molar-refractivity contribution in [2.45, 2.75) is 36.0 Å². The van der Waals surface area contributed by atoms with Crippen LogP contribution in [0.3, 0.4) is 0 Å². The monoisotopic (exact) mass is 453 g/mol. The second-order valence-corrected chi connectivity index (χ2v) is 9.74. The largest absolute Gasteiger partial charge is 0.492 e. The van der Waals surface area contributed by atoms with E-state index in [4.69, 9.17) is 21.1 Å². The number of aromatic carboxylic acids is 1. The molecule has 10 heteroatoms. The van der Waals surface area contributed by atoms with Crippen LogP contribution in [0.4, 0.5) is 0 Å². The van der Waals surface area contributed by atoms with Gasteiger partial charge < -0.3 is 19.1 Å². The Morgan fingerprint density at radius 3 is 2.63 bits per heavy atom. The fraction of sp³-hybridized carbons (Fsp3) is 0.400. The molecule has 1 aromatic heterocycles. The minimum absolute atomic E-state index is 0.0259. The number of ether oxygens (including phenoxy) is 2. The van der Waals surface area contributed by atoms with Crippen LogP contribution in [0.5, 0.6) is 5.75 Å². The van der Waals surface area contributed by atoms with Crippen molar-refractivity contribution in [2.75, 3.05) is 20.3 Å². The van der Waals surface area contributed by atoms with E-state index in [0.717, 1.165) is 12.8 Å². The zero-order valence-electron chi connectivity index (χ0n) is 16.2. The number of hydrogen-bond donors (Lipinski definition) is 1. The van der Waals surface area contributed by atoms with Crippen molar-refractivity contribution in [3.63, 3.8) is 0 Å². The van der Waals surface area contributed by atoms with Crippen molar-refractivity contribution < 1.29 is 27.8 Å². The number of aromatic nitrogens is 1. The molecule has 0 radical (unpaired) electrons. The summed E-state index contributed by atoms with van der Waals surface area (Å²) in [6.45, 7) is 0.797. The van der Waals surface area contributed by atoms with Gasteiger partial charge in [0.15, 0.2) is 9.84 Å². The maximum atomic E-state index is 13.0. The van der Waals surface area contributed by atoms with Crippen LogP contribution in [0.25, 0.3) is 11.3 Å². The molecule has 0 saturated heterocycles. The lowest BCUT2D eigenvalue weighted by atomic mass is 10.0. The van der Waals surface area contributed by atoms with E-state index in [1.807, 2.05) is 0 Å². The van der Waals surface area contributed by atoms with Gasteiger partial charge in [0.25, 0.3) is 5.56 Å². The van der Waals surface area contributed by atoms with Crippen molar-refractivity contribution in [1.82, 2.24) is 4.57 Å². The Balaban J connectivity index is 1.90. The standard InChI is InChI=1S/C20H20ClNO7S/c1-28-5-2-6-29-16-9-17-13(8-15(16)21)18-11(10-30(17,26)27)7-14(20(24)25)19(23)22(18)12-3-4-12/h7-9,12H,2-6,10H2,1H3,(H,24,25). The predicted molar refractivity (Wildman–Crippen MR) is 109 cm³/mol. The van der Waals surface area contributed by atoms with E-state index in [1.54, 1.807) is 7.11 Å². The molecule has 0 amide bonds. The Hall–Kier alpha value is -2.36. The molecule has 1 aliphatic heterocycles. The van der Waals surface area contributed by atoms with Gasteiger partial charge in [-0.15, -0.1) is 0 Å². The number of sulfone groups is 1. The Kier molecular flexibility index (Phi) is 5.37. The van der Waals surface area contributed by atoms with E-state index in [0.29, 0.717) is 30.9 Å². The van der Waals surface area contributed by atoms with Crippen LogP contribution in [0.15, 0.2) is 27.9 Å². The van der Waals surface area contributed by atoms with Gasteiger partial charge in [0, 0.05) is 37.8 Å². The number of carboxylic acids is 1. The number of methoxy groups -OCH3 is 1. The highest BCUT2D eigenvalue weighted by molar-refractivity contribution is 7.90. The summed E-state index contributed by atoms with van der Waals surface area (Å²) in [5.74, 6) is -1.54. The van der Waals surface area contributed by atoms with Crippen molar-refractivity contribution in [3.05, 3.63) is 44.7 Å². The Bertz CT molecular complexity index is 1200. The first-order chi connectivity index (χ1) is 14.2. The van der Waals surface area contributed by atoms with E-state index < -0.39 is 32.7 Å². The maximum Gasteiger partial charge on any atom is 0.341 e.